The fourth-order valence-corrected chi connectivity index (χ4v) is 2.55. The molecule has 100 valence electrons. The molecule has 0 aliphatic rings. The topological polar surface area (TPSA) is 68.1 Å². The quantitative estimate of drug-likeness (QED) is 0.501. The molecule has 0 saturated carbocycles. The van der Waals surface area contributed by atoms with Gasteiger partial charge >= 0.3 is 0 Å². The molecular formula is C13H15N3O2S. The fraction of sp³-hybridized carbons (Fsp3) is 0.308. The number of hydrogen-bond donors (Lipinski definition) is 1. The largest absolute Gasteiger partial charge is 0.312 e. The number of rotatable bonds is 6. The lowest BCUT2D eigenvalue weighted by molar-refractivity contribution is -0.385. The number of nitrogens with one attached hydrogen (secondary N) is 1. The number of para-hydroxylation sites is 1. The van der Waals surface area contributed by atoms with Crippen LogP contribution in [0.1, 0.15) is 16.3 Å². The van der Waals surface area contributed by atoms with E-state index in [1.54, 1.807) is 23.5 Å². The van der Waals surface area contributed by atoms with Crippen LogP contribution in [0.4, 0.5) is 5.69 Å². The summed E-state index contributed by atoms with van der Waals surface area (Å²) in [4.78, 5) is 14.9. The second-order valence-electron chi connectivity index (χ2n) is 4.20. The van der Waals surface area contributed by atoms with Crippen molar-refractivity contribution in [1.29, 1.82) is 0 Å². The van der Waals surface area contributed by atoms with E-state index < -0.39 is 0 Å². The summed E-state index contributed by atoms with van der Waals surface area (Å²) in [6, 6.07) is 6.80. The van der Waals surface area contributed by atoms with E-state index in [2.05, 4.69) is 10.3 Å². The lowest BCUT2D eigenvalue weighted by Gasteiger charge is -2.04. The molecule has 0 spiro atoms. The predicted molar refractivity (Wildman–Crippen MR) is 75.4 cm³/mol. The highest BCUT2D eigenvalue weighted by Crippen LogP contribution is 2.17. The van der Waals surface area contributed by atoms with E-state index >= 15 is 0 Å². The zero-order chi connectivity index (χ0) is 13.7. The van der Waals surface area contributed by atoms with E-state index in [4.69, 9.17) is 0 Å². The molecule has 2 rings (SSSR count). The second kappa shape index (κ2) is 6.40. The molecule has 19 heavy (non-hydrogen) atoms. The maximum Gasteiger partial charge on any atom is 0.273 e. The first-order chi connectivity index (χ1) is 9.16. The predicted octanol–water partition coefficient (Wildman–Crippen LogP) is 2.69. The Labute approximate surface area is 115 Å². The molecule has 1 aromatic heterocycles. The van der Waals surface area contributed by atoms with Gasteiger partial charge in [0.25, 0.3) is 5.69 Å². The van der Waals surface area contributed by atoms with Crippen molar-refractivity contribution in [1.82, 2.24) is 10.3 Å². The minimum Gasteiger partial charge on any atom is -0.312 e. The maximum atomic E-state index is 10.8. The van der Waals surface area contributed by atoms with Gasteiger partial charge in [-0.05, 0) is 6.92 Å². The first-order valence-electron chi connectivity index (χ1n) is 6.01. The second-order valence-corrected chi connectivity index (χ2v) is 5.14. The van der Waals surface area contributed by atoms with Gasteiger partial charge in [-0.25, -0.2) is 4.98 Å². The van der Waals surface area contributed by atoms with E-state index in [1.807, 2.05) is 18.4 Å². The van der Waals surface area contributed by atoms with Crippen molar-refractivity contribution in [2.45, 2.75) is 19.9 Å². The van der Waals surface area contributed by atoms with Gasteiger partial charge < -0.3 is 5.32 Å². The molecule has 5 nitrogen and oxygen atoms in total. The number of nitro groups is 1. The lowest BCUT2D eigenvalue weighted by Crippen LogP contribution is -2.17. The van der Waals surface area contributed by atoms with Crippen LogP contribution in [0.5, 0.6) is 0 Å². The molecule has 0 aliphatic carbocycles. The normalized spacial score (nSPS) is 10.6. The molecule has 6 heteroatoms. The zero-order valence-electron chi connectivity index (χ0n) is 10.6. The number of aryl methyl sites for hydroxylation is 1. The van der Waals surface area contributed by atoms with E-state index in [1.165, 1.54) is 6.07 Å². The monoisotopic (exact) mass is 277 g/mol. The SMILES string of the molecule is Cc1csc(CCNCc2ccccc2[N+](=O)[O-])n1. The first kappa shape index (κ1) is 13.6. The average molecular weight is 277 g/mol. The Morgan fingerprint density at radius 3 is 2.89 bits per heavy atom. The number of thiazole rings is 1. The molecule has 0 bridgehead atoms. The number of benzene rings is 1. The summed E-state index contributed by atoms with van der Waals surface area (Å²) >= 11 is 1.64. The van der Waals surface area contributed by atoms with Crippen molar-refractivity contribution in [3.63, 3.8) is 0 Å². The molecule has 0 aliphatic heterocycles. The maximum absolute atomic E-state index is 10.8. The van der Waals surface area contributed by atoms with Gasteiger partial charge in [0.2, 0.25) is 0 Å². The van der Waals surface area contributed by atoms with Crippen molar-refractivity contribution in [2.75, 3.05) is 6.54 Å². The zero-order valence-corrected chi connectivity index (χ0v) is 11.4. The van der Waals surface area contributed by atoms with E-state index in [0.29, 0.717) is 12.1 Å². The third kappa shape index (κ3) is 3.84. The summed E-state index contributed by atoms with van der Waals surface area (Å²) in [7, 11) is 0. The first-order valence-corrected chi connectivity index (χ1v) is 6.89. The number of hydrogen-bond acceptors (Lipinski definition) is 5. The molecule has 0 saturated heterocycles. The smallest absolute Gasteiger partial charge is 0.273 e. The van der Waals surface area contributed by atoms with Crippen LogP contribution in [-0.2, 0) is 13.0 Å². The minimum absolute atomic E-state index is 0.167. The van der Waals surface area contributed by atoms with Crippen LogP contribution in [0.15, 0.2) is 29.6 Å². The molecular weight excluding hydrogens is 262 g/mol. The third-order valence-corrected chi connectivity index (χ3v) is 3.71. The van der Waals surface area contributed by atoms with Gasteiger partial charge in [0.1, 0.15) is 0 Å². The molecule has 0 amide bonds. The van der Waals surface area contributed by atoms with Crippen LogP contribution in [0.25, 0.3) is 0 Å². The Hall–Kier alpha value is -1.79. The molecule has 2 aromatic rings. The third-order valence-electron chi connectivity index (χ3n) is 2.69. The summed E-state index contributed by atoms with van der Waals surface area (Å²) in [6.07, 6.45) is 0.846. The Morgan fingerprint density at radius 1 is 1.42 bits per heavy atom. The van der Waals surface area contributed by atoms with E-state index in [0.717, 1.165) is 23.7 Å². The Bertz CT molecular complexity index is 569. The molecule has 1 heterocycles. The summed E-state index contributed by atoms with van der Waals surface area (Å²) in [5, 5.41) is 17.2. The van der Waals surface area contributed by atoms with Crippen LogP contribution in [0.2, 0.25) is 0 Å². The van der Waals surface area contributed by atoms with Crippen LogP contribution in [-0.4, -0.2) is 16.5 Å². The standard InChI is InChI=1S/C13H15N3O2S/c1-10-9-19-13(15-10)6-7-14-8-11-4-2-3-5-12(11)16(17)18/h2-5,9,14H,6-8H2,1H3. The molecule has 1 N–H and O–H groups in total. The van der Waals surface area contributed by atoms with E-state index in [-0.39, 0.29) is 10.6 Å². The van der Waals surface area contributed by atoms with Crippen LogP contribution in [0.3, 0.4) is 0 Å². The van der Waals surface area contributed by atoms with Crippen LogP contribution >= 0.6 is 11.3 Å². The van der Waals surface area contributed by atoms with Gasteiger partial charge in [0.15, 0.2) is 0 Å². The van der Waals surface area contributed by atoms with Gasteiger partial charge in [0, 0.05) is 42.2 Å². The van der Waals surface area contributed by atoms with Crippen molar-refractivity contribution in [3.8, 4) is 0 Å². The van der Waals surface area contributed by atoms with Crippen LogP contribution < -0.4 is 5.32 Å². The van der Waals surface area contributed by atoms with Gasteiger partial charge in [-0.1, -0.05) is 18.2 Å². The highest BCUT2D eigenvalue weighted by molar-refractivity contribution is 7.09. The van der Waals surface area contributed by atoms with Crippen molar-refractivity contribution in [2.24, 2.45) is 0 Å². The highest BCUT2D eigenvalue weighted by atomic mass is 32.1. The van der Waals surface area contributed by atoms with Gasteiger partial charge in [-0.15, -0.1) is 11.3 Å². The average Bonchev–Trinajstić information content (AvgIpc) is 2.81. The van der Waals surface area contributed by atoms with Crippen molar-refractivity contribution >= 4 is 17.0 Å². The summed E-state index contributed by atoms with van der Waals surface area (Å²) in [6.45, 7) is 3.24. The van der Waals surface area contributed by atoms with Crippen molar-refractivity contribution < 1.29 is 4.92 Å². The Kier molecular flexibility index (Phi) is 4.59. The van der Waals surface area contributed by atoms with Gasteiger partial charge in [-0.2, -0.15) is 0 Å². The molecule has 0 unspecified atom stereocenters. The van der Waals surface area contributed by atoms with E-state index in [9.17, 15) is 10.1 Å². The number of nitro benzene ring substituents is 1. The Morgan fingerprint density at radius 2 is 2.21 bits per heavy atom. The number of aromatic nitrogens is 1. The Balaban J connectivity index is 1.84. The van der Waals surface area contributed by atoms with Gasteiger partial charge in [0.05, 0.1) is 9.93 Å². The minimum atomic E-state index is -0.346. The van der Waals surface area contributed by atoms with Gasteiger partial charge in [-0.3, -0.25) is 10.1 Å². The van der Waals surface area contributed by atoms with Crippen molar-refractivity contribution in [3.05, 3.63) is 56.0 Å². The fourth-order valence-electron chi connectivity index (χ4n) is 1.77. The number of nitrogens with zero attached hydrogens (tertiary/aromatic N) is 2. The lowest BCUT2D eigenvalue weighted by atomic mass is 10.2. The molecule has 0 fully saturated rings. The summed E-state index contributed by atoms with van der Waals surface area (Å²) < 4.78 is 0. The summed E-state index contributed by atoms with van der Waals surface area (Å²) in [5.74, 6) is 0. The van der Waals surface area contributed by atoms with Crippen LogP contribution in [0, 0.1) is 17.0 Å². The molecule has 0 radical (unpaired) electrons. The molecule has 0 atom stereocenters. The highest BCUT2D eigenvalue weighted by Gasteiger charge is 2.11. The molecule has 1 aromatic carbocycles. The summed E-state index contributed by atoms with van der Waals surface area (Å²) in [5.41, 5.74) is 1.92.